The number of rotatable bonds is 1. The summed E-state index contributed by atoms with van der Waals surface area (Å²) in [5, 5.41) is 0. The topological polar surface area (TPSA) is 17.1 Å². The number of hydrogen-bond donors (Lipinski definition) is 0. The van der Waals surface area contributed by atoms with Crippen molar-refractivity contribution in [3.8, 4) is 11.1 Å². The van der Waals surface area contributed by atoms with Gasteiger partial charge < -0.3 is 0 Å². The van der Waals surface area contributed by atoms with Crippen molar-refractivity contribution >= 4 is 5.78 Å². The second-order valence-electron chi connectivity index (χ2n) is 5.17. The van der Waals surface area contributed by atoms with Crippen molar-refractivity contribution in [2.24, 2.45) is 0 Å². The van der Waals surface area contributed by atoms with E-state index < -0.39 is 0 Å². The molecule has 18 heavy (non-hydrogen) atoms. The predicted octanol–water partition coefficient (Wildman–Crippen LogP) is 4.10. The smallest absolute Gasteiger partial charge is 0.163 e. The lowest BCUT2D eigenvalue weighted by Gasteiger charge is -2.07. The number of hydrogen-bond acceptors (Lipinski definition) is 1. The highest BCUT2D eigenvalue weighted by Gasteiger charge is 2.19. The summed E-state index contributed by atoms with van der Waals surface area (Å²) >= 11 is 0. The zero-order valence-electron chi connectivity index (χ0n) is 10.8. The molecule has 1 nitrogen and oxygen atoms in total. The summed E-state index contributed by atoms with van der Waals surface area (Å²) < 4.78 is 0. The van der Waals surface area contributed by atoms with Crippen LogP contribution < -0.4 is 0 Å². The lowest BCUT2D eigenvalue weighted by molar-refractivity contribution is 0.0994. The molecule has 0 heterocycles. The van der Waals surface area contributed by atoms with E-state index in [4.69, 9.17) is 0 Å². The molecular weight excluding hydrogens is 220 g/mol. The minimum absolute atomic E-state index is 0.289. The van der Waals surface area contributed by atoms with Crippen molar-refractivity contribution in [1.82, 2.24) is 0 Å². The highest BCUT2D eigenvalue weighted by molar-refractivity contribution is 6.00. The number of fused-ring (bicyclic) bond motifs is 1. The van der Waals surface area contributed by atoms with Crippen LogP contribution in [0.5, 0.6) is 0 Å². The first-order chi connectivity index (χ1) is 8.63. The summed E-state index contributed by atoms with van der Waals surface area (Å²) in [6.07, 6.45) is 1.57. The Labute approximate surface area is 107 Å². The summed E-state index contributed by atoms with van der Waals surface area (Å²) in [7, 11) is 0. The summed E-state index contributed by atoms with van der Waals surface area (Å²) in [4.78, 5) is 11.6. The van der Waals surface area contributed by atoms with Crippen LogP contribution in [-0.4, -0.2) is 5.78 Å². The van der Waals surface area contributed by atoms with Crippen LogP contribution in [0.3, 0.4) is 0 Å². The number of Topliss-reactive ketones (excluding diaryl/α,β-unsaturated/α-hetero) is 1. The fraction of sp³-hybridized carbons (Fsp3) is 0.235. The van der Waals surface area contributed by atoms with Gasteiger partial charge in [-0.15, -0.1) is 0 Å². The molecule has 0 N–H and O–H groups in total. The maximum Gasteiger partial charge on any atom is 0.163 e. The number of carbonyl (C=O) groups excluding carboxylic acids is 1. The van der Waals surface area contributed by atoms with E-state index in [0.717, 1.165) is 12.0 Å². The van der Waals surface area contributed by atoms with Crippen LogP contribution in [-0.2, 0) is 6.42 Å². The monoisotopic (exact) mass is 236 g/mol. The Morgan fingerprint density at radius 2 is 1.56 bits per heavy atom. The second kappa shape index (κ2) is 4.09. The van der Waals surface area contributed by atoms with Gasteiger partial charge in [-0.05, 0) is 37.0 Å². The summed E-state index contributed by atoms with van der Waals surface area (Å²) in [6.45, 7) is 4.24. The summed E-state index contributed by atoms with van der Waals surface area (Å²) in [5.74, 6) is 0.289. The van der Waals surface area contributed by atoms with E-state index in [-0.39, 0.29) is 5.78 Å². The molecule has 0 unspecified atom stereocenters. The molecule has 0 amide bonds. The largest absolute Gasteiger partial charge is 0.294 e. The van der Waals surface area contributed by atoms with Crippen LogP contribution in [0, 0.1) is 13.8 Å². The van der Waals surface area contributed by atoms with E-state index in [2.05, 4.69) is 44.2 Å². The van der Waals surface area contributed by atoms with Gasteiger partial charge in [0, 0.05) is 12.0 Å². The molecule has 0 saturated heterocycles. The third-order valence-electron chi connectivity index (χ3n) is 3.58. The van der Waals surface area contributed by atoms with Gasteiger partial charge in [0.2, 0.25) is 0 Å². The quantitative estimate of drug-likeness (QED) is 0.728. The molecule has 0 spiro atoms. The molecule has 1 aliphatic carbocycles. The normalized spacial score (nSPS) is 13.8. The molecule has 1 aliphatic rings. The first kappa shape index (κ1) is 11.2. The Bertz CT molecular complexity index is 618. The molecule has 0 aliphatic heterocycles. The molecule has 90 valence electrons. The molecule has 0 fully saturated rings. The van der Waals surface area contributed by atoms with Gasteiger partial charge in [-0.2, -0.15) is 0 Å². The van der Waals surface area contributed by atoms with Crippen LogP contribution in [0.1, 0.15) is 33.5 Å². The number of carbonyl (C=O) groups is 1. The lowest BCUT2D eigenvalue weighted by atomic mass is 9.97. The Hall–Kier alpha value is -1.89. The molecule has 0 radical (unpaired) electrons. The van der Waals surface area contributed by atoms with Crippen LogP contribution in [0.15, 0.2) is 36.4 Å². The predicted molar refractivity (Wildman–Crippen MR) is 74.0 cm³/mol. The van der Waals surface area contributed by atoms with E-state index in [1.807, 2.05) is 6.07 Å². The fourth-order valence-electron chi connectivity index (χ4n) is 2.78. The summed E-state index contributed by atoms with van der Waals surface area (Å²) in [6, 6.07) is 12.8. The standard InChI is InChI=1S/C17H16O/c1-11-7-12(2)9-15(8-11)13-3-5-16-14(10-13)4-6-17(16)18/h3,5,7-10H,4,6H2,1-2H3. The maximum absolute atomic E-state index is 11.6. The fourth-order valence-corrected chi connectivity index (χ4v) is 2.78. The molecule has 2 aromatic carbocycles. The van der Waals surface area contributed by atoms with Gasteiger partial charge in [0.15, 0.2) is 5.78 Å². The van der Waals surface area contributed by atoms with Crippen LogP contribution >= 0.6 is 0 Å². The lowest BCUT2D eigenvalue weighted by Crippen LogP contribution is -1.91. The van der Waals surface area contributed by atoms with Crippen molar-refractivity contribution < 1.29 is 4.79 Å². The van der Waals surface area contributed by atoms with E-state index in [1.165, 1.54) is 27.8 Å². The Balaban J connectivity index is 2.10. The Kier molecular flexibility index (Phi) is 2.55. The average Bonchev–Trinajstić information content (AvgIpc) is 2.69. The van der Waals surface area contributed by atoms with Crippen molar-refractivity contribution in [2.45, 2.75) is 26.7 Å². The molecule has 3 rings (SSSR count). The van der Waals surface area contributed by atoms with Gasteiger partial charge in [-0.1, -0.05) is 47.5 Å². The number of benzene rings is 2. The SMILES string of the molecule is Cc1cc(C)cc(-c2ccc3c(c2)CCC3=O)c1. The van der Waals surface area contributed by atoms with E-state index in [0.29, 0.717) is 6.42 Å². The van der Waals surface area contributed by atoms with Gasteiger partial charge in [0.25, 0.3) is 0 Å². The highest BCUT2D eigenvalue weighted by Crippen LogP contribution is 2.29. The Morgan fingerprint density at radius 3 is 2.28 bits per heavy atom. The number of aryl methyl sites for hydroxylation is 3. The van der Waals surface area contributed by atoms with Gasteiger partial charge in [0.1, 0.15) is 0 Å². The van der Waals surface area contributed by atoms with Crippen molar-refractivity contribution in [3.63, 3.8) is 0 Å². The minimum Gasteiger partial charge on any atom is -0.294 e. The van der Waals surface area contributed by atoms with Crippen molar-refractivity contribution in [1.29, 1.82) is 0 Å². The molecule has 0 aromatic heterocycles. The van der Waals surface area contributed by atoms with E-state index in [9.17, 15) is 4.79 Å². The van der Waals surface area contributed by atoms with E-state index >= 15 is 0 Å². The molecule has 0 saturated carbocycles. The molecule has 0 bridgehead atoms. The van der Waals surface area contributed by atoms with Gasteiger partial charge in [0.05, 0.1) is 0 Å². The second-order valence-corrected chi connectivity index (χ2v) is 5.17. The highest BCUT2D eigenvalue weighted by atomic mass is 16.1. The van der Waals surface area contributed by atoms with Crippen LogP contribution in [0.2, 0.25) is 0 Å². The zero-order chi connectivity index (χ0) is 12.7. The molecule has 1 heteroatoms. The molecule has 0 atom stereocenters. The van der Waals surface area contributed by atoms with Gasteiger partial charge in [-0.3, -0.25) is 4.79 Å². The van der Waals surface area contributed by atoms with Crippen molar-refractivity contribution in [3.05, 3.63) is 58.7 Å². The average molecular weight is 236 g/mol. The minimum atomic E-state index is 0.289. The van der Waals surface area contributed by atoms with Crippen LogP contribution in [0.25, 0.3) is 11.1 Å². The van der Waals surface area contributed by atoms with Crippen molar-refractivity contribution in [2.75, 3.05) is 0 Å². The molecule has 2 aromatic rings. The van der Waals surface area contributed by atoms with E-state index in [1.54, 1.807) is 0 Å². The Morgan fingerprint density at radius 1 is 0.833 bits per heavy atom. The van der Waals surface area contributed by atoms with Gasteiger partial charge >= 0.3 is 0 Å². The maximum atomic E-state index is 11.6. The van der Waals surface area contributed by atoms with Crippen LogP contribution in [0.4, 0.5) is 0 Å². The molecular formula is C17H16O. The number of ketones is 1. The van der Waals surface area contributed by atoms with Gasteiger partial charge in [-0.25, -0.2) is 0 Å². The third-order valence-corrected chi connectivity index (χ3v) is 3.58. The zero-order valence-corrected chi connectivity index (χ0v) is 10.8. The third kappa shape index (κ3) is 1.86. The first-order valence-electron chi connectivity index (χ1n) is 6.38. The first-order valence-corrected chi connectivity index (χ1v) is 6.38. The summed E-state index contributed by atoms with van der Waals surface area (Å²) in [5.41, 5.74) is 7.15.